The highest BCUT2D eigenvalue weighted by atomic mass is 35.5. The quantitative estimate of drug-likeness (QED) is 0.843. The number of anilines is 2. The Morgan fingerprint density at radius 2 is 2.24 bits per heavy atom. The Morgan fingerprint density at radius 1 is 1.41 bits per heavy atom. The summed E-state index contributed by atoms with van der Waals surface area (Å²) in [5.41, 5.74) is 0. The largest absolute Gasteiger partial charge is 0.361 e. The smallest absolute Gasteiger partial charge is 0.224 e. The number of aryl methyl sites for hydroxylation is 1. The molecule has 2 aromatic heterocycles. The second kappa shape index (κ2) is 4.96. The molecule has 2 heterocycles. The summed E-state index contributed by atoms with van der Waals surface area (Å²) in [5.74, 6) is 1.73. The van der Waals surface area contributed by atoms with Crippen molar-refractivity contribution in [1.82, 2.24) is 24.7 Å². The highest BCUT2D eigenvalue weighted by Gasteiger charge is 2.05. The molecule has 0 aliphatic heterocycles. The van der Waals surface area contributed by atoms with Gasteiger partial charge in [-0.2, -0.15) is 10.1 Å². The van der Waals surface area contributed by atoms with Gasteiger partial charge in [-0.15, -0.1) is 0 Å². The molecule has 2 rings (SSSR count). The Bertz CT molecular complexity index is 510. The van der Waals surface area contributed by atoms with Crippen molar-refractivity contribution < 1.29 is 0 Å². The highest BCUT2D eigenvalue weighted by Crippen LogP contribution is 2.19. The second-order valence-corrected chi connectivity index (χ2v) is 3.74. The van der Waals surface area contributed by atoms with Crippen molar-refractivity contribution in [2.75, 3.05) is 17.7 Å². The zero-order chi connectivity index (χ0) is 12.3. The summed E-state index contributed by atoms with van der Waals surface area (Å²) in [4.78, 5) is 12.3. The van der Waals surface area contributed by atoms with Crippen LogP contribution in [0, 0.1) is 0 Å². The van der Waals surface area contributed by atoms with Gasteiger partial charge in [-0.3, -0.25) is 4.68 Å². The first-order chi connectivity index (χ1) is 8.19. The minimum absolute atomic E-state index is 0.458. The van der Waals surface area contributed by atoms with Gasteiger partial charge in [0.05, 0.1) is 12.7 Å². The predicted molar refractivity (Wildman–Crippen MR) is 64.9 cm³/mol. The third kappa shape index (κ3) is 2.82. The minimum atomic E-state index is 0.458. The van der Waals surface area contributed by atoms with Crippen LogP contribution in [0.5, 0.6) is 0 Å². The third-order valence-corrected chi connectivity index (χ3v) is 2.31. The Morgan fingerprint density at radius 3 is 2.88 bits per heavy atom. The van der Waals surface area contributed by atoms with Gasteiger partial charge < -0.3 is 10.6 Å². The monoisotopic (exact) mass is 253 g/mol. The van der Waals surface area contributed by atoms with Crippen LogP contribution in [0.25, 0.3) is 0 Å². The zero-order valence-electron chi connectivity index (χ0n) is 9.48. The molecule has 0 atom stereocenters. The summed E-state index contributed by atoms with van der Waals surface area (Å²) < 4.78 is 1.64. The molecular weight excluding hydrogens is 242 g/mol. The molecule has 7 nitrogen and oxygen atoms in total. The summed E-state index contributed by atoms with van der Waals surface area (Å²) >= 11 is 5.96. The number of hydrogen-bond donors (Lipinski definition) is 2. The molecule has 0 aliphatic carbocycles. The van der Waals surface area contributed by atoms with Crippen LogP contribution in [-0.4, -0.2) is 31.8 Å². The molecule has 0 spiro atoms. The topological polar surface area (TPSA) is 80.5 Å². The molecule has 8 heteroatoms. The first kappa shape index (κ1) is 11.6. The average molecular weight is 254 g/mol. The molecule has 0 aliphatic rings. The lowest BCUT2D eigenvalue weighted by Gasteiger charge is -2.06. The summed E-state index contributed by atoms with van der Waals surface area (Å²) in [6.45, 7) is 0.459. The van der Waals surface area contributed by atoms with Gasteiger partial charge in [-0.25, -0.2) is 9.97 Å². The Kier molecular flexibility index (Phi) is 3.38. The van der Waals surface area contributed by atoms with E-state index >= 15 is 0 Å². The third-order valence-electron chi connectivity index (χ3n) is 2.03. The van der Waals surface area contributed by atoms with Gasteiger partial charge in [0.15, 0.2) is 11.6 Å². The normalized spacial score (nSPS) is 10.3. The fourth-order valence-corrected chi connectivity index (χ4v) is 1.40. The van der Waals surface area contributed by atoms with E-state index in [-0.39, 0.29) is 0 Å². The molecule has 0 saturated heterocycles. The molecule has 0 unspecified atom stereocenters. The molecule has 2 N–H and O–H groups in total. The number of aromatic nitrogens is 5. The van der Waals surface area contributed by atoms with Crippen molar-refractivity contribution in [2.45, 2.75) is 6.54 Å². The van der Waals surface area contributed by atoms with E-state index in [0.717, 1.165) is 0 Å². The molecule has 2 aromatic rings. The standard InChI is InChI=1S/C9H12ClN7/c1-11-9-13-3-6(10)8(15-9)12-4-7-14-5-17(2)16-7/h3,5H,4H2,1-2H3,(H2,11,12,13,15). The summed E-state index contributed by atoms with van der Waals surface area (Å²) in [6.07, 6.45) is 3.17. The van der Waals surface area contributed by atoms with Gasteiger partial charge in [0.1, 0.15) is 11.3 Å². The van der Waals surface area contributed by atoms with Gasteiger partial charge in [0.25, 0.3) is 0 Å². The lowest BCUT2D eigenvalue weighted by Crippen LogP contribution is -2.06. The lowest BCUT2D eigenvalue weighted by molar-refractivity contribution is 0.747. The fourth-order valence-electron chi connectivity index (χ4n) is 1.24. The molecule has 17 heavy (non-hydrogen) atoms. The van der Waals surface area contributed by atoms with E-state index in [1.54, 1.807) is 18.1 Å². The maximum atomic E-state index is 5.96. The van der Waals surface area contributed by atoms with Crippen LogP contribution in [-0.2, 0) is 13.6 Å². The average Bonchev–Trinajstić information content (AvgIpc) is 2.74. The van der Waals surface area contributed by atoms with Crippen molar-refractivity contribution >= 4 is 23.4 Å². The number of nitrogens with one attached hydrogen (secondary N) is 2. The Hall–Kier alpha value is -1.89. The Labute approximate surface area is 103 Å². The second-order valence-electron chi connectivity index (χ2n) is 3.33. The van der Waals surface area contributed by atoms with Crippen molar-refractivity contribution in [3.8, 4) is 0 Å². The van der Waals surface area contributed by atoms with E-state index in [2.05, 4.69) is 30.7 Å². The SMILES string of the molecule is CNc1ncc(Cl)c(NCc2ncn(C)n2)n1. The van der Waals surface area contributed by atoms with Crippen molar-refractivity contribution in [2.24, 2.45) is 7.05 Å². The van der Waals surface area contributed by atoms with Crippen LogP contribution in [0.3, 0.4) is 0 Å². The van der Waals surface area contributed by atoms with Crippen LogP contribution in [0.2, 0.25) is 5.02 Å². The number of halogens is 1. The minimum Gasteiger partial charge on any atom is -0.361 e. The highest BCUT2D eigenvalue weighted by molar-refractivity contribution is 6.32. The van der Waals surface area contributed by atoms with Crippen molar-refractivity contribution in [1.29, 1.82) is 0 Å². The van der Waals surface area contributed by atoms with Gasteiger partial charge in [-0.05, 0) is 0 Å². The van der Waals surface area contributed by atoms with Gasteiger partial charge >= 0.3 is 0 Å². The Balaban J connectivity index is 2.07. The van der Waals surface area contributed by atoms with Gasteiger partial charge in [0, 0.05) is 14.1 Å². The summed E-state index contributed by atoms with van der Waals surface area (Å²) in [5, 5.41) is 10.5. The first-order valence-electron chi connectivity index (χ1n) is 4.97. The van der Waals surface area contributed by atoms with E-state index in [1.807, 2.05) is 7.05 Å². The van der Waals surface area contributed by atoms with E-state index in [0.29, 0.717) is 29.2 Å². The molecule has 0 bridgehead atoms. The number of rotatable bonds is 4. The molecule has 0 amide bonds. The van der Waals surface area contributed by atoms with E-state index in [4.69, 9.17) is 11.6 Å². The van der Waals surface area contributed by atoms with E-state index < -0.39 is 0 Å². The molecular formula is C9H12ClN7. The summed E-state index contributed by atoms with van der Waals surface area (Å²) in [7, 11) is 3.56. The predicted octanol–water partition coefficient (Wildman–Crippen LogP) is 0.912. The summed E-state index contributed by atoms with van der Waals surface area (Å²) in [6, 6.07) is 0. The maximum absolute atomic E-state index is 5.96. The van der Waals surface area contributed by atoms with Crippen molar-refractivity contribution in [3.05, 3.63) is 23.4 Å². The van der Waals surface area contributed by atoms with E-state index in [1.165, 1.54) is 6.20 Å². The van der Waals surface area contributed by atoms with Crippen LogP contribution in [0.15, 0.2) is 12.5 Å². The number of hydrogen-bond acceptors (Lipinski definition) is 6. The van der Waals surface area contributed by atoms with E-state index in [9.17, 15) is 0 Å². The maximum Gasteiger partial charge on any atom is 0.224 e. The molecule has 0 radical (unpaired) electrons. The molecule has 0 fully saturated rings. The van der Waals surface area contributed by atoms with Crippen LogP contribution in [0.4, 0.5) is 11.8 Å². The molecule has 0 aromatic carbocycles. The fraction of sp³-hybridized carbons (Fsp3) is 0.333. The lowest BCUT2D eigenvalue weighted by atomic mass is 10.5. The van der Waals surface area contributed by atoms with Gasteiger partial charge in [-0.1, -0.05) is 11.6 Å². The zero-order valence-corrected chi connectivity index (χ0v) is 10.2. The van der Waals surface area contributed by atoms with Gasteiger partial charge in [0.2, 0.25) is 5.95 Å². The van der Waals surface area contributed by atoms with Crippen molar-refractivity contribution in [3.63, 3.8) is 0 Å². The van der Waals surface area contributed by atoms with Crippen LogP contribution in [0.1, 0.15) is 5.82 Å². The first-order valence-corrected chi connectivity index (χ1v) is 5.35. The van der Waals surface area contributed by atoms with Crippen LogP contribution < -0.4 is 10.6 Å². The molecule has 0 saturated carbocycles. The van der Waals surface area contributed by atoms with Crippen LogP contribution >= 0.6 is 11.6 Å². The molecule has 90 valence electrons. The number of nitrogens with zero attached hydrogens (tertiary/aromatic N) is 5.